The highest BCUT2D eigenvalue weighted by atomic mass is 17.5. The molecule has 0 rings (SSSR count). The van der Waals surface area contributed by atoms with Crippen LogP contribution >= 0.6 is 0 Å². The van der Waals surface area contributed by atoms with Crippen LogP contribution in [0, 0.1) is 0 Å². The van der Waals surface area contributed by atoms with Crippen LogP contribution in [0.4, 0.5) is 4.79 Å². The van der Waals surface area contributed by atoms with Gasteiger partial charge < -0.3 is 0 Å². The molecular weight excluding hydrogens is 204 g/mol. The van der Waals surface area contributed by atoms with Crippen LogP contribution in [0.1, 0.15) is 40.5 Å². The first-order valence-corrected chi connectivity index (χ1v) is 4.97. The first kappa shape index (κ1) is 14.2. The van der Waals surface area contributed by atoms with Crippen LogP contribution in [-0.2, 0) is 24.6 Å². The summed E-state index contributed by atoms with van der Waals surface area (Å²) in [5, 5.41) is 4.16. The summed E-state index contributed by atoms with van der Waals surface area (Å²) in [4.78, 5) is 28.3. The highest BCUT2D eigenvalue weighted by Gasteiger charge is 2.11. The van der Waals surface area contributed by atoms with Crippen LogP contribution < -0.4 is 0 Å². The molecule has 2 unspecified atom stereocenters. The summed E-state index contributed by atoms with van der Waals surface area (Å²) in [5.74, 6) is 0. The molecule has 0 aliphatic heterocycles. The fourth-order valence-corrected chi connectivity index (χ4v) is 0.386. The smallest absolute Gasteiger partial charge is 0.257 e. The van der Waals surface area contributed by atoms with Crippen molar-refractivity contribution in [3.63, 3.8) is 0 Å². The molecule has 0 bridgehead atoms. The second kappa shape index (κ2) is 8.46. The highest BCUT2D eigenvalue weighted by Crippen LogP contribution is 2.00. The minimum atomic E-state index is -1.10. The number of carbonyl (C=O) groups excluding carboxylic acids is 1. The van der Waals surface area contributed by atoms with Crippen LogP contribution in [-0.4, -0.2) is 18.4 Å². The maximum atomic E-state index is 10.8. The third-order valence-corrected chi connectivity index (χ3v) is 1.74. The summed E-state index contributed by atoms with van der Waals surface area (Å²) in [6.07, 6.45) is 0.0131. The van der Waals surface area contributed by atoms with Gasteiger partial charge in [0.1, 0.15) is 6.10 Å². The van der Waals surface area contributed by atoms with Crippen LogP contribution in [0.2, 0.25) is 0 Å². The van der Waals surface area contributed by atoms with Gasteiger partial charge in [0.2, 0.25) is 0 Å². The van der Waals surface area contributed by atoms with Crippen molar-refractivity contribution < 1.29 is 29.4 Å². The molecule has 0 aliphatic carbocycles. The summed E-state index contributed by atoms with van der Waals surface area (Å²) in [7, 11) is 0. The Balaban J connectivity index is 3.41. The zero-order valence-corrected chi connectivity index (χ0v) is 9.52. The van der Waals surface area contributed by atoms with Gasteiger partial charge in [-0.15, -0.1) is 0 Å². The lowest BCUT2D eigenvalue weighted by Crippen LogP contribution is -2.16. The fourth-order valence-electron chi connectivity index (χ4n) is 0.386. The Hall–Kier alpha value is -0.850. The molecule has 15 heavy (non-hydrogen) atoms. The van der Waals surface area contributed by atoms with E-state index in [1.54, 1.807) is 13.8 Å². The average molecular weight is 222 g/mol. The molecule has 0 aromatic heterocycles. The Bertz CT molecular complexity index is 172. The van der Waals surface area contributed by atoms with Crippen LogP contribution in [0.15, 0.2) is 0 Å². The first-order valence-electron chi connectivity index (χ1n) is 4.97. The van der Waals surface area contributed by atoms with Crippen LogP contribution in [0.25, 0.3) is 0 Å². The molecule has 0 saturated carbocycles. The minimum Gasteiger partial charge on any atom is -0.257 e. The van der Waals surface area contributed by atoms with E-state index >= 15 is 0 Å². The van der Waals surface area contributed by atoms with Gasteiger partial charge in [0.05, 0.1) is 6.10 Å². The Morgan fingerprint density at radius 2 is 1.53 bits per heavy atom. The van der Waals surface area contributed by atoms with Crippen molar-refractivity contribution in [1.29, 1.82) is 0 Å². The Labute approximate surface area is 89.2 Å². The van der Waals surface area contributed by atoms with Gasteiger partial charge in [0.15, 0.2) is 0 Å². The number of hydrogen-bond donors (Lipinski definition) is 0. The topological polar surface area (TPSA) is 63.2 Å². The molecule has 0 aromatic carbocycles. The standard InChI is InChI=1S/C9H18O6/c1-5-7(3)11-13-9(10)14-15-12-8(4)6-2/h7-8H,5-6H2,1-4H3. The molecule has 90 valence electrons. The van der Waals surface area contributed by atoms with Gasteiger partial charge in [-0.2, -0.15) is 14.6 Å². The van der Waals surface area contributed by atoms with Gasteiger partial charge in [0, 0.05) is 0 Å². The molecule has 0 radical (unpaired) electrons. The summed E-state index contributed by atoms with van der Waals surface area (Å²) in [6, 6.07) is 0. The fraction of sp³-hybridized carbons (Fsp3) is 0.889. The summed E-state index contributed by atoms with van der Waals surface area (Å²) < 4.78 is 0. The van der Waals surface area contributed by atoms with Crippen LogP contribution in [0.3, 0.4) is 0 Å². The lowest BCUT2D eigenvalue weighted by Gasteiger charge is -2.09. The largest absolute Gasteiger partial charge is 0.575 e. The van der Waals surface area contributed by atoms with E-state index in [9.17, 15) is 4.79 Å². The maximum Gasteiger partial charge on any atom is 0.575 e. The van der Waals surface area contributed by atoms with E-state index in [0.717, 1.165) is 12.8 Å². The molecule has 2 atom stereocenters. The van der Waals surface area contributed by atoms with Gasteiger partial charge in [0.25, 0.3) is 0 Å². The number of rotatable bonds is 7. The molecule has 0 spiro atoms. The van der Waals surface area contributed by atoms with E-state index < -0.39 is 6.16 Å². The van der Waals surface area contributed by atoms with Crippen molar-refractivity contribution in [1.82, 2.24) is 0 Å². The predicted octanol–water partition coefficient (Wildman–Crippen LogP) is 2.53. The van der Waals surface area contributed by atoms with Crippen molar-refractivity contribution in [3.8, 4) is 0 Å². The zero-order chi connectivity index (χ0) is 11.7. The first-order chi connectivity index (χ1) is 7.10. The van der Waals surface area contributed by atoms with Crippen molar-refractivity contribution in [2.45, 2.75) is 52.7 Å². The molecule has 0 amide bonds. The van der Waals surface area contributed by atoms with Gasteiger partial charge in [-0.1, -0.05) is 13.8 Å². The van der Waals surface area contributed by atoms with Crippen molar-refractivity contribution >= 4 is 6.16 Å². The molecule has 0 aliphatic rings. The molecular formula is C9H18O6. The second-order valence-electron chi connectivity index (χ2n) is 3.11. The number of hydrogen-bond acceptors (Lipinski definition) is 6. The third-order valence-electron chi connectivity index (χ3n) is 1.74. The molecule has 6 nitrogen and oxygen atoms in total. The zero-order valence-electron chi connectivity index (χ0n) is 9.52. The Morgan fingerprint density at radius 1 is 1.00 bits per heavy atom. The summed E-state index contributed by atoms with van der Waals surface area (Å²) in [5.41, 5.74) is 0. The Kier molecular flexibility index (Phi) is 7.98. The number of carbonyl (C=O) groups is 1. The van der Waals surface area contributed by atoms with Crippen molar-refractivity contribution in [2.24, 2.45) is 0 Å². The van der Waals surface area contributed by atoms with E-state index in [2.05, 4.69) is 24.6 Å². The van der Waals surface area contributed by atoms with Gasteiger partial charge in [-0.25, -0.2) is 4.89 Å². The molecule has 6 heteroatoms. The quantitative estimate of drug-likeness (QED) is 0.487. The average Bonchev–Trinajstić information content (AvgIpc) is 2.25. The van der Waals surface area contributed by atoms with E-state index in [-0.39, 0.29) is 12.2 Å². The summed E-state index contributed by atoms with van der Waals surface area (Å²) in [6.45, 7) is 7.31. The highest BCUT2D eigenvalue weighted by molar-refractivity contribution is 5.58. The normalized spacial score (nSPS) is 14.4. The van der Waals surface area contributed by atoms with Crippen LogP contribution in [0.5, 0.6) is 0 Å². The van der Waals surface area contributed by atoms with Crippen molar-refractivity contribution in [2.75, 3.05) is 0 Å². The maximum absolute atomic E-state index is 10.8. The predicted molar refractivity (Wildman–Crippen MR) is 50.3 cm³/mol. The second-order valence-corrected chi connectivity index (χ2v) is 3.11. The van der Waals surface area contributed by atoms with Gasteiger partial charge in [-0.3, -0.25) is 4.89 Å². The minimum absolute atomic E-state index is 0.159. The molecule has 0 aromatic rings. The van der Waals surface area contributed by atoms with Gasteiger partial charge in [-0.05, 0) is 31.7 Å². The third kappa shape index (κ3) is 8.17. The van der Waals surface area contributed by atoms with Crippen molar-refractivity contribution in [3.05, 3.63) is 0 Å². The lowest BCUT2D eigenvalue weighted by atomic mass is 10.3. The lowest BCUT2D eigenvalue weighted by molar-refractivity contribution is -0.507. The van der Waals surface area contributed by atoms with E-state index in [0.29, 0.717) is 0 Å². The van der Waals surface area contributed by atoms with Gasteiger partial charge >= 0.3 is 6.16 Å². The molecule has 0 fully saturated rings. The molecule has 0 N–H and O–H groups in total. The monoisotopic (exact) mass is 222 g/mol. The Morgan fingerprint density at radius 3 is 2.07 bits per heavy atom. The van der Waals surface area contributed by atoms with E-state index in [4.69, 9.17) is 0 Å². The SMILES string of the molecule is CCC(C)OOOC(=O)OOC(C)CC. The van der Waals surface area contributed by atoms with E-state index in [1.807, 2.05) is 13.8 Å². The van der Waals surface area contributed by atoms with E-state index in [1.165, 1.54) is 0 Å². The molecule has 0 saturated heterocycles. The summed E-state index contributed by atoms with van der Waals surface area (Å²) >= 11 is 0. The molecule has 0 heterocycles.